The van der Waals surface area contributed by atoms with Gasteiger partial charge in [0.25, 0.3) is 5.91 Å². The maximum Gasteiger partial charge on any atom is 0.257 e. The zero-order chi connectivity index (χ0) is 18.9. The average Bonchev–Trinajstić information content (AvgIpc) is 3.47. The molecule has 1 aliphatic heterocycles. The first-order valence-corrected chi connectivity index (χ1v) is 9.46. The molecule has 1 aliphatic rings. The van der Waals surface area contributed by atoms with Crippen molar-refractivity contribution in [1.29, 1.82) is 0 Å². The predicted molar refractivity (Wildman–Crippen MR) is 104 cm³/mol. The van der Waals surface area contributed by atoms with E-state index in [1.165, 1.54) is 0 Å². The van der Waals surface area contributed by atoms with E-state index in [4.69, 9.17) is 0 Å². The van der Waals surface area contributed by atoms with Crippen molar-refractivity contribution < 1.29 is 4.79 Å². The molecule has 1 fully saturated rings. The van der Waals surface area contributed by atoms with E-state index in [0.717, 1.165) is 36.4 Å². The van der Waals surface area contributed by atoms with Gasteiger partial charge in [-0.15, -0.1) is 10.2 Å². The van der Waals surface area contributed by atoms with Gasteiger partial charge in [0.15, 0.2) is 11.5 Å². The Labute approximate surface area is 162 Å². The van der Waals surface area contributed by atoms with Crippen LogP contribution < -0.4 is 0 Å². The molecule has 7 heteroatoms. The van der Waals surface area contributed by atoms with E-state index in [2.05, 4.69) is 27.4 Å². The van der Waals surface area contributed by atoms with Crippen LogP contribution in [-0.2, 0) is 6.54 Å². The van der Waals surface area contributed by atoms with Crippen LogP contribution in [0.1, 0.15) is 40.6 Å². The fourth-order valence-corrected chi connectivity index (χ4v) is 3.86. The molecule has 0 saturated carbocycles. The van der Waals surface area contributed by atoms with Gasteiger partial charge < -0.3 is 4.90 Å². The Hall–Kier alpha value is -3.48. The lowest BCUT2D eigenvalue weighted by molar-refractivity contribution is 0.0729. The lowest BCUT2D eigenvalue weighted by atomic mass is 10.2. The zero-order valence-corrected chi connectivity index (χ0v) is 15.3. The number of nitrogens with zero attached hydrogens (tertiary/aromatic N) is 6. The number of amides is 1. The highest BCUT2D eigenvalue weighted by atomic mass is 16.2. The third-order valence-corrected chi connectivity index (χ3v) is 5.22. The Morgan fingerprint density at radius 2 is 1.93 bits per heavy atom. The van der Waals surface area contributed by atoms with Crippen LogP contribution in [0, 0.1) is 0 Å². The second kappa shape index (κ2) is 6.92. The molecule has 0 bridgehead atoms. The normalized spacial score (nSPS) is 16.7. The zero-order valence-electron chi connectivity index (χ0n) is 15.3. The highest BCUT2D eigenvalue weighted by Crippen LogP contribution is 2.32. The molecule has 1 saturated heterocycles. The molecule has 1 aromatic carbocycles. The number of carbonyl (C=O) groups is 1. The highest BCUT2D eigenvalue weighted by molar-refractivity contribution is 5.94. The van der Waals surface area contributed by atoms with Gasteiger partial charge in [-0.25, -0.2) is 0 Å². The summed E-state index contributed by atoms with van der Waals surface area (Å²) in [4.78, 5) is 15.1. The van der Waals surface area contributed by atoms with Gasteiger partial charge in [0.1, 0.15) is 0 Å². The van der Waals surface area contributed by atoms with Crippen molar-refractivity contribution in [1.82, 2.24) is 29.3 Å². The Kier molecular flexibility index (Phi) is 4.12. The summed E-state index contributed by atoms with van der Waals surface area (Å²) >= 11 is 0. The SMILES string of the molecule is O=C(c1cnn(Cc2ccccc2)c1)N1CCC[C@@H]1c1nnc2ccccn12. The van der Waals surface area contributed by atoms with E-state index in [-0.39, 0.29) is 11.9 Å². The fourth-order valence-electron chi connectivity index (χ4n) is 3.86. The number of carbonyl (C=O) groups excluding carboxylic acids is 1. The first kappa shape index (κ1) is 16.7. The molecular weight excluding hydrogens is 352 g/mol. The minimum absolute atomic E-state index is 0.00510. The van der Waals surface area contributed by atoms with Crippen LogP contribution in [0.15, 0.2) is 67.1 Å². The minimum atomic E-state index is -0.0672. The Balaban J connectivity index is 1.39. The molecule has 3 aromatic heterocycles. The lowest BCUT2D eigenvalue weighted by Gasteiger charge is -2.22. The van der Waals surface area contributed by atoms with Crippen molar-refractivity contribution in [3.63, 3.8) is 0 Å². The number of pyridine rings is 1. The van der Waals surface area contributed by atoms with Crippen molar-refractivity contribution in [3.8, 4) is 0 Å². The molecule has 1 atom stereocenters. The van der Waals surface area contributed by atoms with E-state index in [9.17, 15) is 4.79 Å². The number of likely N-dealkylation sites (tertiary alicyclic amines) is 1. The summed E-state index contributed by atoms with van der Waals surface area (Å²) in [5, 5.41) is 13.0. The van der Waals surface area contributed by atoms with Crippen molar-refractivity contribution in [2.45, 2.75) is 25.4 Å². The maximum atomic E-state index is 13.2. The second-order valence-corrected chi connectivity index (χ2v) is 7.06. The third kappa shape index (κ3) is 2.94. The average molecular weight is 372 g/mol. The number of aromatic nitrogens is 5. The van der Waals surface area contributed by atoms with Gasteiger partial charge in [0, 0.05) is 18.9 Å². The number of benzene rings is 1. The standard InChI is InChI=1S/C21H20N6O/c28-21(17-13-22-25(15-17)14-16-7-2-1-3-8-16)26-12-6-9-18(26)20-24-23-19-10-4-5-11-27(19)20/h1-5,7-8,10-11,13,15,18H,6,9,12,14H2/t18-/m1/s1. The van der Waals surface area contributed by atoms with Crippen molar-refractivity contribution >= 4 is 11.6 Å². The summed E-state index contributed by atoms with van der Waals surface area (Å²) in [6.07, 6.45) is 7.27. The Morgan fingerprint density at radius 3 is 2.82 bits per heavy atom. The Morgan fingerprint density at radius 1 is 1.07 bits per heavy atom. The van der Waals surface area contributed by atoms with Crippen molar-refractivity contribution in [2.24, 2.45) is 0 Å². The van der Waals surface area contributed by atoms with E-state index < -0.39 is 0 Å². The first-order chi connectivity index (χ1) is 13.8. The monoisotopic (exact) mass is 372 g/mol. The molecule has 4 heterocycles. The van der Waals surface area contributed by atoms with Crippen LogP contribution in [0.5, 0.6) is 0 Å². The van der Waals surface area contributed by atoms with Gasteiger partial charge >= 0.3 is 0 Å². The summed E-state index contributed by atoms with van der Waals surface area (Å²) < 4.78 is 3.77. The summed E-state index contributed by atoms with van der Waals surface area (Å²) in [6, 6.07) is 15.8. The van der Waals surface area contributed by atoms with Gasteiger partial charge in [-0.05, 0) is 30.5 Å². The molecular formula is C21H20N6O. The van der Waals surface area contributed by atoms with Gasteiger partial charge in [-0.3, -0.25) is 13.9 Å². The molecule has 4 aromatic rings. The quantitative estimate of drug-likeness (QED) is 0.552. The van der Waals surface area contributed by atoms with Gasteiger partial charge in [-0.1, -0.05) is 36.4 Å². The highest BCUT2D eigenvalue weighted by Gasteiger charge is 2.34. The summed E-state index contributed by atoms with van der Waals surface area (Å²) in [5.74, 6) is 0.813. The lowest BCUT2D eigenvalue weighted by Crippen LogP contribution is -2.31. The van der Waals surface area contributed by atoms with Crippen LogP contribution in [0.2, 0.25) is 0 Å². The first-order valence-electron chi connectivity index (χ1n) is 9.46. The molecule has 0 unspecified atom stereocenters. The van der Waals surface area contributed by atoms with Gasteiger partial charge in [0.05, 0.1) is 24.3 Å². The summed E-state index contributed by atoms with van der Waals surface area (Å²) in [7, 11) is 0. The molecule has 0 spiro atoms. The smallest absolute Gasteiger partial charge is 0.257 e. The molecule has 0 aliphatic carbocycles. The van der Waals surface area contributed by atoms with E-state index in [1.807, 2.05) is 58.1 Å². The molecule has 28 heavy (non-hydrogen) atoms. The summed E-state index contributed by atoms with van der Waals surface area (Å²) in [6.45, 7) is 1.36. The van der Waals surface area contributed by atoms with Crippen LogP contribution >= 0.6 is 0 Å². The van der Waals surface area contributed by atoms with Gasteiger partial charge in [0.2, 0.25) is 0 Å². The molecule has 5 rings (SSSR count). The van der Waals surface area contributed by atoms with Crippen LogP contribution in [0.4, 0.5) is 0 Å². The molecule has 0 N–H and O–H groups in total. The van der Waals surface area contributed by atoms with Crippen LogP contribution in [0.3, 0.4) is 0 Å². The fraction of sp³-hybridized carbons (Fsp3) is 0.238. The van der Waals surface area contributed by atoms with Crippen LogP contribution in [0.25, 0.3) is 5.65 Å². The van der Waals surface area contributed by atoms with Crippen LogP contribution in [-0.4, -0.2) is 41.7 Å². The number of fused-ring (bicyclic) bond motifs is 1. The molecule has 7 nitrogen and oxygen atoms in total. The predicted octanol–water partition coefficient (Wildman–Crippen LogP) is 2.95. The van der Waals surface area contributed by atoms with Crippen molar-refractivity contribution in [3.05, 3.63) is 84.1 Å². The third-order valence-electron chi connectivity index (χ3n) is 5.22. The molecule has 140 valence electrons. The Bertz CT molecular complexity index is 1120. The molecule has 1 amide bonds. The maximum absolute atomic E-state index is 13.2. The van der Waals surface area contributed by atoms with Crippen molar-refractivity contribution in [2.75, 3.05) is 6.54 Å². The largest absolute Gasteiger partial charge is 0.328 e. The summed E-state index contributed by atoms with van der Waals surface area (Å²) in [5.41, 5.74) is 2.56. The second-order valence-electron chi connectivity index (χ2n) is 7.06. The molecule has 0 radical (unpaired) electrons. The number of hydrogen-bond donors (Lipinski definition) is 0. The minimum Gasteiger partial charge on any atom is -0.328 e. The van der Waals surface area contributed by atoms with E-state index in [1.54, 1.807) is 10.9 Å². The van der Waals surface area contributed by atoms with Gasteiger partial charge in [-0.2, -0.15) is 5.10 Å². The number of rotatable bonds is 4. The topological polar surface area (TPSA) is 68.3 Å². The van der Waals surface area contributed by atoms with E-state index >= 15 is 0 Å². The number of hydrogen-bond acceptors (Lipinski definition) is 4. The van der Waals surface area contributed by atoms with E-state index in [0.29, 0.717) is 12.1 Å².